The number of benzene rings is 2. The van der Waals surface area contributed by atoms with Crippen LogP contribution in [0.1, 0.15) is 12.8 Å². The molecule has 2 aromatic carbocycles. The van der Waals surface area contributed by atoms with Gasteiger partial charge in [0.25, 0.3) is 0 Å². The largest absolute Gasteiger partial charge is 0.379 e. The zero-order valence-corrected chi connectivity index (χ0v) is 19.8. The Morgan fingerprint density at radius 1 is 1.21 bits per heavy atom. The van der Waals surface area contributed by atoms with E-state index in [9.17, 15) is 9.18 Å². The third-order valence-electron chi connectivity index (χ3n) is 6.64. The molecular formula is C25H29ClFN5O2. The number of H-pyrrole nitrogens is 1. The van der Waals surface area contributed by atoms with E-state index >= 15 is 0 Å². The number of anilines is 1. The van der Waals surface area contributed by atoms with Gasteiger partial charge in [0.05, 0.1) is 35.2 Å². The molecule has 0 aliphatic carbocycles. The first kappa shape index (κ1) is 23.1. The van der Waals surface area contributed by atoms with Gasteiger partial charge in [-0.1, -0.05) is 11.6 Å². The number of hydrogen-bond donors (Lipinski definition) is 2. The van der Waals surface area contributed by atoms with E-state index in [1.54, 1.807) is 6.07 Å². The van der Waals surface area contributed by atoms with E-state index in [0.29, 0.717) is 29.5 Å². The Hall–Kier alpha value is -2.68. The van der Waals surface area contributed by atoms with Gasteiger partial charge >= 0.3 is 0 Å². The molecule has 3 heterocycles. The molecule has 2 aliphatic heterocycles. The van der Waals surface area contributed by atoms with Gasteiger partial charge in [0.15, 0.2) is 0 Å². The fourth-order valence-electron chi connectivity index (χ4n) is 4.73. The molecule has 2 saturated heterocycles. The summed E-state index contributed by atoms with van der Waals surface area (Å²) in [6, 6.07) is 10.3. The van der Waals surface area contributed by atoms with Crippen molar-refractivity contribution in [2.24, 2.45) is 5.92 Å². The maximum Gasteiger partial charge on any atom is 0.224 e. The van der Waals surface area contributed by atoms with E-state index in [2.05, 4.69) is 25.1 Å². The van der Waals surface area contributed by atoms with Gasteiger partial charge in [-0.25, -0.2) is 9.37 Å². The van der Waals surface area contributed by atoms with Crippen molar-refractivity contribution in [2.45, 2.75) is 12.8 Å². The van der Waals surface area contributed by atoms with Crippen LogP contribution in [0.2, 0.25) is 5.02 Å². The number of carbonyl (C=O) groups excluding carboxylic acids is 1. The van der Waals surface area contributed by atoms with Gasteiger partial charge in [-0.3, -0.25) is 9.69 Å². The monoisotopic (exact) mass is 485 g/mol. The number of carbonyl (C=O) groups is 1. The minimum atomic E-state index is -0.326. The van der Waals surface area contributed by atoms with Crippen molar-refractivity contribution in [2.75, 3.05) is 57.4 Å². The molecule has 1 atom stereocenters. The summed E-state index contributed by atoms with van der Waals surface area (Å²) >= 11 is 6.50. The van der Waals surface area contributed by atoms with Crippen molar-refractivity contribution in [3.05, 3.63) is 47.2 Å². The molecule has 2 N–H and O–H groups in total. The van der Waals surface area contributed by atoms with Crippen LogP contribution in [-0.2, 0) is 9.53 Å². The number of aromatic amines is 1. The van der Waals surface area contributed by atoms with E-state index in [-0.39, 0.29) is 17.6 Å². The van der Waals surface area contributed by atoms with Gasteiger partial charge in [-0.05, 0) is 43.2 Å². The van der Waals surface area contributed by atoms with Crippen LogP contribution in [-0.4, -0.2) is 73.3 Å². The molecule has 5 rings (SSSR count). The summed E-state index contributed by atoms with van der Waals surface area (Å²) in [5.41, 5.74) is 3.07. The normalized spacial score (nSPS) is 19.5. The van der Waals surface area contributed by atoms with Gasteiger partial charge in [0.1, 0.15) is 11.6 Å². The Bertz CT molecular complexity index is 1160. The van der Waals surface area contributed by atoms with Gasteiger partial charge in [0.2, 0.25) is 5.91 Å². The van der Waals surface area contributed by atoms with Gasteiger partial charge in [-0.15, -0.1) is 0 Å². The SMILES string of the molecule is O=C(NCCN1CCOCC1)[C@@H]1CCCN(c2ccc(Cl)c(-c3nc4cc(F)ccc4[nH]3)c2)C1. The van der Waals surface area contributed by atoms with Gasteiger partial charge in [0, 0.05) is 56.6 Å². The summed E-state index contributed by atoms with van der Waals surface area (Å²) in [4.78, 5) is 25.2. The first-order valence-corrected chi connectivity index (χ1v) is 12.2. The Balaban J connectivity index is 1.25. The van der Waals surface area contributed by atoms with Crippen LogP contribution in [0.3, 0.4) is 0 Å². The zero-order valence-electron chi connectivity index (χ0n) is 19.0. The molecule has 34 heavy (non-hydrogen) atoms. The predicted octanol–water partition coefficient (Wildman–Crippen LogP) is 3.69. The van der Waals surface area contributed by atoms with Crippen molar-refractivity contribution in [3.63, 3.8) is 0 Å². The van der Waals surface area contributed by atoms with Crippen molar-refractivity contribution >= 4 is 34.2 Å². The van der Waals surface area contributed by atoms with E-state index in [0.717, 1.165) is 69.0 Å². The molecule has 2 aliphatic rings. The number of imidazole rings is 1. The highest BCUT2D eigenvalue weighted by atomic mass is 35.5. The smallest absolute Gasteiger partial charge is 0.224 e. The lowest BCUT2D eigenvalue weighted by Crippen LogP contribution is -2.46. The summed E-state index contributed by atoms with van der Waals surface area (Å²) in [6.07, 6.45) is 1.83. The first-order chi connectivity index (χ1) is 16.6. The van der Waals surface area contributed by atoms with Crippen LogP contribution in [0.5, 0.6) is 0 Å². The topological polar surface area (TPSA) is 73.5 Å². The summed E-state index contributed by atoms with van der Waals surface area (Å²) in [5, 5.41) is 3.69. The first-order valence-electron chi connectivity index (χ1n) is 11.8. The van der Waals surface area contributed by atoms with Crippen LogP contribution in [0.15, 0.2) is 36.4 Å². The van der Waals surface area contributed by atoms with E-state index < -0.39 is 0 Å². The van der Waals surface area contributed by atoms with Crippen LogP contribution in [0.4, 0.5) is 10.1 Å². The number of fused-ring (bicyclic) bond motifs is 1. The number of piperidine rings is 1. The van der Waals surface area contributed by atoms with Crippen molar-refractivity contribution in [1.29, 1.82) is 0 Å². The number of nitrogens with one attached hydrogen (secondary N) is 2. The van der Waals surface area contributed by atoms with Gasteiger partial charge < -0.3 is 19.9 Å². The van der Waals surface area contributed by atoms with Crippen molar-refractivity contribution in [3.8, 4) is 11.4 Å². The number of morpholine rings is 1. The molecule has 7 nitrogen and oxygen atoms in total. The Kier molecular flexibility index (Phi) is 6.99. The number of ether oxygens (including phenoxy) is 1. The minimum absolute atomic E-state index is 0.0493. The average molecular weight is 486 g/mol. The predicted molar refractivity (Wildman–Crippen MR) is 132 cm³/mol. The highest BCUT2D eigenvalue weighted by Crippen LogP contribution is 2.33. The zero-order chi connectivity index (χ0) is 23.5. The molecule has 0 unspecified atom stereocenters. The lowest BCUT2D eigenvalue weighted by Gasteiger charge is -2.34. The number of amides is 1. The van der Waals surface area contributed by atoms with Crippen molar-refractivity contribution < 1.29 is 13.9 Å². The third-order valence-corrected chi connectivity index (χ3v) is 6.97. The average Bonchev–Trinajstić information content (AvgIpc) is 3.28. The lowest BCUT2D eigenvalue weighted by molar-refractivity contribution is -0.125. The van der Waals surface area contributed by atoms with Crippen LogP contribution in [0.25, 0.3) is 22.4 Å². The molecule has 9 heteroatoms. The third kappa shape index (κ3) is 5.19. The summed E-state index contributed by atoms with van der Waals surface area (Å²) < 4.78 is 19.0. The quantitative estimate of drug-likeness (QED) is 0.557. The number of nitrogens with zero attached hydrogens (tertiary/aromatic N) is 3. The molecule has 0 radical (unpaired) electrons. The van der Waals surface area contributed by atoms with Crippen LogP contribution < -0.4 is 10.2 Å². The number of hydrogen-bond acceptors (Lipinski definition) is 5. The molecule has 180 valence electrons. The lowest BCUT2D eigenvalue weighted by atomic mass is 9.96. The van der Waals surface area contributed by atoms with E-state index in [1.165, 1.54) is 12.1 Å². The summed E-state index contributed by atoms with van der Waals surface area (Å²) in [7, 11) is 0. The molecule has 1 aromatic heterocycles. The second-order valence-corrected chi connectivity index (χ2v) is 9.35. The number of rotatable bonds is 6. The minimum Gasteiger partial charge on any atom is -0.379 e. The molecule has 3 aromatic rings. The Labute approximate surface area is 203 Å². The highest BCUT2D eigenvalue weighted by Gasteiger charge is 2.26. The van der Waals surface area contributed by atoms with E-state index in [4.69, 9.17) is 16.3 Å². The fraction of sp³-hybridized carbons (Fsp3) is 0.440. The molecule has 2 fully saturated rings. The molecular weight excluding hydrogens is 457 g/mol. The van der Waals surface area contributed by atoms with Crippen molar-refractivity contribution in [1.82, 2.24) is 20.2 Å². The maximum atomic E-state index is 13.6. The summed E-state index contributed by atoms with van der Waals surface area (Å²) in [6.45, 7) is 6.43. The van der Waals surface area contributed by atoms with Crippen LogP contribution >= 0.6 is 11.6 Å². The summed E-state index contributed by atoms with van der Waals surface area (Å²) in [5.74, 6) is 0.341. The Morgan fingerprint density at radius 3 is 2.91 bits per heavy atom. The number of halogens is 2. The molecule has 0 bridgehead atoms. The second kappa shape index (κ2) is 10.3. The molecule has 0 saturated carbocycles. The number of aromatic nitrogens is 2. The standard InChI is InChI=1S/C25H29ClFN5O2/c26-21-5-4-19(15-20(21)24-29-22-6-3-18(27)14-23(22)30-24)32-8-1-2-17(16-32)25(33)28-7-9-31-10-12-34-13-11-31/h3-6,14-15,17H,1-2,7-13,16H2,(H,28,33)(H,29,30)/t17-/m1/s1. The van der Waals surface area contributed by atoms with Crippen LogP contribution in [0, 0.1) is 11.7 Å². The van der Waals surface area contributed by atoms with Gasteiger partial charge in [-0.2, -0.15) is 0 Å². The maximum absolute atomic E-state index is 13.6. The second-order valence-electron chi connectivity index (χ2n) is 8.94. The van der Waals surface area contributed by atoms with E-state index in [1.807, 2.05) is 18.2 Å². The highest BCUT2D eigenvalue weighted by molar-refractivity contribution is 6.33. The Morgan fingerprint density at radius 2 is 2.06 bits per heavy atom. The molecule has 1 amide bonds. The molecule has 0 spiro atoms. The fourth-order valence-corrected chi connectivity index (χ4v) is 4.94.